The smallest absolute Gasteiger partial charge is 0.0909 e. The highest BCUT2D eigenvalue weighted by molar-refractivity contribution is 7.08. The molecule has 2 aromatic heterocycles. The van der Waals surface area contributed by atoms with Gasteiger partial charge in [0.25, 0.3) is 0 Å². The van der Waals surface area contributed by atoms with Gasteiger partial charge >= 0.3 is 0 Å². The predicted octanol–water partition coefficient (Wildman–Crippen LogP) is 2.19. The Morgan fingerprint density at radius 1 is 1.25 bits per heavy atom. The zero-order valence-corrected chi connectivity index (χ0v) is 11.8. The summed E-state index contributed by atoms with van der Waals surface area (Å²) in [5.41, 5.74) is 7.10. The highest BCUT2D eigenvalue weighted by Gasteiger charge is 2.20. The third-order valence-corrected chi connectivity index (χ3v) is 4.12. The van der Waals surface area contributed by atoms with Gasteiger partial charge in [-0.2, -0.15) is 11.3 Å². The van der Waals surface area contributed by atoms with Gasteiger partial charge < -0.3 is 0 Å². The lowest BCUT2D eigenvalue weighted by Crippen LogP contribution is -2.30. The second-order valence-electron chi connectivity index (χ2n) is 4.52. The van der Waals surface area contributed by atoms with Gasteiger partial charge in [0.05, 0.1) is 23.6 Å². The largest absolute Gasteiger partial charge is 0.271 e. The van der Waals surface area contributed by atoms with E-state index < -0.39 is 0 Å². The molecule has 20 heavy (non-hydrogen) atoms. The number of nitrogens with one attached hydrogen (secondary N) is 1. The summed E-state index contributed by atoms with van der Waals surface area (Å²) in [6, 6.07) is 9.78. The van der Waals surface area contributed by atoms with E-state index in [4.69, 9.17) is 5.84 Å². The summed E-state index contributed by atoms with van der Waals surface area (Å²) >= 11 is 1.66. The molecule has 0 fully saturated rings. The summed E-state index contributed by atoms with van der Waals surface area (Å²) in [6.07, 6.45) is 1.74. The molecular weight excluding hydrogens is 270 g/mol. The Labute approximate surface area is 121 Å². The van der Waals surface area contributed by atoms with E-state index in [0.717, 1.165) is 16.9 Å². The fourth-order valence-electron chi connectivity index (χ4n) is 2.21. The Hall–Kier alpha value is -2.02. The van der Waals surface area contributed by atoms with E-state index in [1.54, 1.807) is 17.5 Å². The number of aryl methyl sites for hydroxylation is 1. The monoisotopic (exact) mass is 285 g/mol. The van der Waals surface area contributed by atoms with Crippen LogP contribution in [0, 0.1) is 6.92 Å². The Morgan fingerprint density at radius 3 is 2.70 bits per heavy atom. The van der Waals surface area contributed by atoms with Crippen molar-refractivity contribution in [1.82, 2.24) is 20.4 Å². The minimum absolute atomic E-state index is 0.128. The molecule has 3 aromatic rings. The third kappa shape index (κ3) is 2.24. The normalized spacial score (nSPS) is 12.5. The van der Waals surface area contributed by atoms with Crippen LogP contribution >= 0.6 is 11.3 Å². The summed E-state index contributed by atoms with van der Waals surface area (Å²) in [5.74, 6) is 5.76. The molecule has 0 aliphatic heterocycles. The van der Waals surface area contributed by atoms with E-state index in [9.17, 15) is 0 Å². The average molecular weight is 285 g/mol. The zero-order valence-electron chi connectivity index (χ0n) is 11.0. The molecule has 2 heterocycles. The Balaban J connectivity index is 2.07. The lowest BCUT2D eigenvalue weighted by Gasteiger charge is -2.17. The molecule has 1 aromatic carbocycles. The first-order valence-corrected chi connectivity index (χ1v) is 7.20. The number of hydrogen-bond donors (Lipinski definition) is 2. The van der Waals surface area contributed by atoms with Crippen LogP contribution in [0.25, 0.3) is 5.69 Å². The molecule has 1 unspecified atom stereocenters. The third-order valence-electron chi connectivity index (χ3n) is 3.25. The first-order valence-electron chi connectivity index (χ1n) is 6.26. The second-order valence-corrected chi connectivity index (χ2v) is 5.26. The molecule has 0 aliphatic rings. The van der Waals surface area contributed by atoms with Crippen molar-refractivity contribution in [1.29, 1.82) is 0 Å². The van der Waals surface area contributed by atoms with Gasteiger partial charge in [0.1, 0.15) is 0 Å². The van der Waals surface area contributed by atoms with Crippen molar-refractivity contribution in [2.24, 2.45) is 5.84 Å². The minimum Gasteiger partial charge on any atom is -0.271 e. The predicted molar refractivity (Wildman–Crippen MR) is 79.6 cm³/mol. The molecule has 0 radical (unpaired) electrons. The van der Waals surface area contributed by atoms with Crippen LogP contribution in [-0.2, 0) is 0 Å². The van der Waals surface area contributed by atoms with Crippen molar-refractivity contribution in [3.8, 4) is 5.69 Å². The molecule has 0 amide bonds. The number of thiophene rings is 1. The first kappa shape index (κ1) is 13.0. The van der Waals surface area contributed by atoms with Crippen molar-refractivity contribution in [3.63, 3.8) is 0 Å². The fraction of sp³-hybridized carbons (Fsp3) is 0.143. The maximum Gasteiger partial charge on any atom is 0.0909 e. The quantitative estimate of drug-likeness (QED) is 0.569. The first-order chi connectivity index (χ1) is 9.81. The summed E-state index contributed by atoms with van der Waals surface area (Å²) in [6.45, 7) is 2.08. The van der Waals surface area contributed by atoms with Crippen LogP contribution in [0.5, 0.6) is 0 Å². The van der Waals surface area contributed by atoms with Crippen LogP contribution in [0.3, 0.4) is 0 Å². The van der Waals surface area contributed by atoms with E-state index in [2.05, 4.69) is 33.4 Å². The number of nitrogens with two attached hydrogens (primary N) is 1. The molecule has 0 bridgehead atoms. The van der Waals surface area contributed by atoms with Crippen LogP contribution in [0.2, 0.25) is 0 Å². The number of rotatable bonds is 4. The van der Waals surface area contributed by atoms with Crippen LogP contribution in [-0.4, -0.2) is 15.0 Å². The number of benzene rings is 1. The van der Waals surface area contributed by atoms with Gasteiger partial charge in [0, 0.05) is 0 Å². The number of hydrogen-bond acceptors (Lipinski definition) is 5. The van der Waals surface area contributed by atoms with Crippen LogP contribution in [0.1, 0.15) is 22.9 Å². The van der Waals surface area contributed by atoms with Crippen molar-refractivity contribution in [2.75, 3.05) is 0 Å². The molecule has 0 saturated carbocycles. The van der Waals surface area contributed by atoms with E-state index in [1.165, 1.54) is 5.56 Å². The van der Waals surface area contributed by atoms with Gasteiger partial charge in [-0.1, -0.05) is 23.4 Å². The summed E-state index contributed by atoms with van der Waals surface area (Å²) in [7, 11) is 0. The highest BCUT2D eigenvalue weighted by Crippen LogP contribution is 2.27. The molecule has 0 spiro atoms. The van der Waals surface area contributed by atoms with Crippen LogP contribution in [0.4, 0.5) is 0 Å². The zero-order chi connectivity index (χ0) is 13.9. The lowest BCUT2D eigenvalue weighted by atomic mass is 10.0. The SMILES string of the molecule is Cc1cscc1C(NN)c1cnnn1-c1ccccc1. The molecule has 102 valence electrons. The van der Waals surface area contributed by atoms with Gasteiger partial charge in [-0.05, 0) is 40.9 Å². The minimum atomic E-state index is -0.128. The molecule has 5 nitrogen and oxygen atoms in total. The van der Waals surface area contributed by atoms with Crippen LogP contribution in [0.15, 0.2) is 47.3 Å². The van der Waals surface area contributed by atoms with Crippen molar-refractivity contribution in [3.05, 3.63) is 64.1 Å². The van der Waals surface area contributed by atoms with Gasteiger partial charge in [-0.3, -0.25) is 5.84 Å². The van der Waals surface area contributed by atoms with Gasteiger partial charge in [0.2, 0.25) is 0 Å². The highest BCUT2D eigenvalue weighted by atomic mass is 32.1. The van der Waals surface area contributed by atoms with Crippen LogP contribution < -0.4 is 11.3 Å². The van der Waals surface area contributed by atoms with Gasteiger partial charge in [-0.25, -0.2) is 10.1 Å². The summed E-state index contributed by atoms with van der Waals surface area (Å²) in [5, 5.41) is 12.4. The standard InChI is InChI=1S/C14H15N5S/c1-10-8-20-9-12(10)14(17-15)13-7-16-18-19(13)11-5-3-2-4-6-11/h2-9,14,17H,15H2,1H3. The molecule has 1 atom stereocenters. The maximum atomic E-state index is 5.76. The number of nitrogens with zero attached hydrogens (tertiary/aromatic N) is 3. The fourth-order valence-corrected chi connectivity index (χ4v) is 3.09. The maximum absolute atomic E-state index is 5.76. The average Bonchev–Trinajstić information content (AvgIpc) is 3.11. The lowest BCUT2D eigenvalue weighted by molar-refractivity contribution is 0.594. The number of hydrazine groups is 1. The van der Waals surface area contributed by atoms with E-state index in [0.29, 0.717) is 0 Å². The Morgan fingerprint density at radius 2 is 2.05 bits per heavy atom. The van der Waals surface area contributed by atoms with Gasteiger partial charge in [-0.15, -0.1) is 5.10 Å². The van der Waals surface area contributed by atoms with E-state index in [-0.39, 0.29) is 6.04 Å². The summed E-state index contributed by atoms with van der Waals surface area (Å²) < 4.78 is 1.81. The topological polar surface area (TPSA) is 68.8 Å². The summed E-state index contributed by atoms with van der Waals surface area (Å²) in [4.78, 5) is 0. The van der Waals surface area contributed by atoms with E-state index >= 15 is 0 Å². The Kier molecular flexibility index (Phi) is 3.60. The molecule has 3 N–H and O–H groups in total. The second kappa shape index (κ2) is 5.54. The van der Waals surface area contributed by atoms with Crippen molar-refractivity contribution < 1.29 is 0 Å². The molecule has 3 rings (SSSR count). The number of para-hydroxylation sites is 1. The molecule has 6 heteroatoms. The van der Waals surface area contributed by atoms with Crippen molar-refractivity contribution >= 4 is 11.3 Å². The van der Waals surface area contributed by atoms with Gasteiger partial charge in [0.15, 0.2) is 0 Å². The molecular formula is C14H15N5S. The molecule has 0 saturated heterocycles. The van der Waals surface area contributed by atoms with E-state index in [1.807, 2.05) is 35.0 Å². The number of aromatic nitrogens is 3. The Bertz CT molecular complexity index is 688. The van der Waals surface area contributed by atoms with Crippen molar-refractivity contribution in [2.45, 2.75) is 13.0 Å². The molecule has 0 aliphatic carbocycles.